The highest BCUT2D eigenvalue weighted by atomic mass is 127. The number of unbranched alkanes of at least 4 members (excludes halogenated alkanes) is 1. The number of fused-ring (bicyclic) bond motifs is 1. The highest BCUT2D eigenvalue weighted by Gasteiger charge is 2.29. The number of hydrogen-bond acceptors (Lipinski definition) is 8. The van der Waals surface area contributed by atoms with Crippen molar-refractivity contribution in [3.05, 3.63) is 45.3 Å². The lowest BCUT2D eigenvalue weighted by Crippen LogP contribution is -2.32. The summed E-state index contributed by atoms with van der Waals surface area (Å²) in [7, 11) is -3.69. The molecule has 0 radical (unpaired) electrons. The van der Waals surface area contributed by atoms with Gasteiger partial charge in [-0.15, -0.1) is 0 Å². The zero-order valence-corrected chi connectivity index (χ0v) is 20.4. The van der Waals surface area contributed by atoms with Crippen molar-refractivity contribution in [2.75, 3.05) is 23.7 Å². The number of primary amides is 1. The number of benzene rings is 1. The average molecular weight is 590 g/mol. The third-order valence-corrected chi connectivity index (χ3v) is 6.52. The smallest absolute Gasteiger partial charge is 0.412 e. The molecular weight excluding hydrogens is 570 g/mol. The molecule has 3 aromatic rings. The maximum absolute atomic E-state index is 13.4. The predicted molar refractivity (Wildman–Crippen MR) is 128 cm³/mol. The molecule has 4 N–H and O–H groups in total. The minimum absolute atomic E-state index is 0.0364. The minimum atomic E-state index is -3.69. The Labute approximate surface area is 202 Å². The zero-order valence-electron chi connectivity index (χ0n) is 17.4. The third-order valence-electron chi connectivity index (χ3n) is 4.57. The van der Waals surface area contributed by atoms with Gasteiger partial charge in [0.05, 0.1) is 15.2 Å². The molecule has 1 amide bonds. The Kier molecular flexibility index (Phi) is 7.54. The van der Waals surface area contributed by atoms with Crippen LogP contribution in [0.4, 0.5) is 15.0 Å². The number of sulfonamides is 1. The standard InChI is InChI=1S/C20H20FIN4O6S/c1-33(29,30)26(9-3-2-8-23)17-14(22)10-13-15(19(27)32-20(24)28)16(31-18(13)25-17)11-4-6-12(21)7-5-11/h4-7,10H,2-3,8-9,23H2,1H3,(H2,24,28). The van der Waals surface area contributed by atoms with Crippen LogP contribution in [0.3, 0.4) is 0 Å². The number of furan rings is 1. The van der Waals surface area contributed by atoms with E-state index in [1.807, 2.05) is 22.6 Å². The minimum Gasteiger partial charge on any atom is -0.437 e. The van der Waals surface area contributed by atoms with Gasteiger partial charge in [-0.05, 0) is 72.3 Å². The molecule has 0 saturated heterocycles. The molecule has 0 aliphatic rings. The number of nitrogens with two attached hydrogens (primary N) is 2. The van der Waals surface area contributed by atoms with Crippen LogP contribution in [-0.4, -0.2) is 44.8 Å². The number of nitrogens with zero attached hydrogens (tertiary/aromatic N) is 2. The van der Waals surface area contributed by atoms with Crippen molar-refractivity contribution in [3.63, 3.8) is 0 Å². The number of rotatable bonds is 8. The molecule has 1 aromatic carbocycles. The number of carbonyl (C=O) groups is 2. The van der Waals surface area contributed by atoms with Crippen LogP contribution in [-0.2, 0) is 14.8 Å². The SMILES string of the molecule is CS(=O)(=O)N(CCCCN)c1nc2oc(-c3ccc(F)cc3)c(C(=O)OC(N)=O)c2cc1I. The molecule has 13 heteroatoms. The molecule has 2 aromatic heterocycles. The summed E-state index contributed by atoms with van der Waals surface area (Å²) in [6, 6.07) is 6.56. The lowest BCUT2D eigenvalue weighted by Gasteiger charge is -2.22. The van der Waals surface area contributed by atoms with Crippen molar-refractivity contribution in [2.45, 2.75) is 12.8 Å². The van der Waals surface area contributed by atoms with Crippen LogP contribution >= 0.6 is 22.6 Å². The largest absolute Gasteiger partial charge is 0.437 e. The number of anilines is 1. The summed E-state index contributed by atoms with van der Waals surface area (Å²) in [5.41, 5.74) is 10.6. The second-order valence-electron chi connectivity index (χ2n) is 7.00. The van der Waals surface area contributed by atoms with Crippen LogP contribution < -0.4 is 15.8 Å². The van der Waals surface area contributed by atoms with E-state index in [0.29, 0.717) is 28.5 Å². The van der Waals surface area contributed by atoms with Crippen LogP contribution in [0.2, 0.25) is 0 Å². The first-order valence-electron chi connectivity index (χ1n) is 9.61. The van der Waals surface area contributed by atoms with Crippen molar-refractivity contribution < 1.29 is 31.6 Å². The number of ether oxygens (including phenoxy) is 1. The van der Waals surface area contributed by atoms with Gasteiger partial charge in [0.2, 0.25) is 15.7 Å². The lowest BCUT2D eigenvalue weighted by molar-refractivity contribution is 0.0640. The molecule has 0 spiro atoms. The molecule has 10 nitrogen and oxygen atoms in total. The van der Waals surface area contributed by atoms with Crippen molar-refractivity contribution in [1.29, 1.82) is 0 Å². The van der Waals surface area contributed by atoms with E-state index < -0.39 is 27.9 Å². The van der Waals surface area contributed by atoms with Crippen molar-refractivity contribution in [3.8, 4) is 11.3 Å². The zero-order chi connectivity index (χ0) is 24.3. The van der Waals surface area contributed by atoms with E-state index in [1.54, 1.807) is 0 Å². The highest BCUT2D eigenvalue weighted by molar-refractivity contribution is 14.1. The van der Waals surface area contributed by atoms with Crippen LogP contribution in [0, 0.1) is 9.39 Å². The lowest BCUT2D eigenvalue weighted by atomic mass is 10.1. The number of halogens is 2. The summed E-state index contributed by atoms with van der Waals surface area (Å²) in [5.74, 6) is -1.52. The van der Waals surface area contributed by atoms with Crippen molar-refractivity contribution >= 4 is 61.6 Å². The summed E-state index contributed by atoms with van der Waals surface area (Å²) in [4.78, 5) is 28.2. The fraction of sp³-hybridized carbons (Fsp3) is 0.250. The van der Waals surface area contributed by atoms with Gasteiger partial charge in [-0.2, -0.15) is 4.98 Å². The van der Waals surface area contributed by atoms with Crippen molar-refractivity contribution in [2.24, 2.45) is 11.5 Å². The molecule has 176 valence electrons. The van der Waals surface area contributed by atoms with Crippen molar-refractivity contribution in [1.82, 2.24) is 4.98 Å². The fourth-order valence-electron chi connectivity index (χ4n) is 3.14. The molecule has 0 bridgehead atoms. The highest BCUT2D eigenvalue weighted by Crippen LogP contribution is 2.37. The van der Waals surface area contributed by atoms with E-state index in [0.717, 1.165) is 22.7 Å². The maximum Gasteiger partial charge on any atom is 0.412 e. The number of carbonyl (C=O) groups excluding carboxylic acids is 2. The molecule has 0 fully saturated rings. The summed E-state index contributed by atoms with van der Waals surface area (Å²) < 4.78 is 50.1. The van der Waals surface area contributed by atoms with E-state index in [4.69, 9.17) is 15.9 Å². The summed E-state index contributed by atoms with van der Waals surface area (Å²) in [5, 5.41) is 0.170. The normalized spacial score (nSPS) is 11.5. The molecular formula is C20H20FIN4O6S. The number of esters is 1. The van der Waals surface area contributed by atoms with Gasteiger partial charge in [0, 0.05) is 12.1 Å². The second kappa shape index (κ2) is 10.0. The molecule has 0 atom stereocenters. The summed E-state index contributed by atoms with van der Waals surface area (Å²) in [6.07, 6.45) is 0.860. The van der Waals surface area contributed by atoms with E-state index in [9.17, 15) is 22.4 Å². The molecule has 3 rings (SSSR count). The third kappa shape index (κ3) is 5.59. The van der Waals surface area contributed by atoms with Crippen LogP contribution in [0.1, 0.15) is 23.2 Å². The molecule has 2 heterocycles. The Bertz CT molecular complexity index is 1310. The Morgan fingerprint density at radius 1 is 1.24 bits per heavy atom. The van der Waals surface area contributed by atoms with Crippen LogP contribution in [0.25, 0.3) is 22.4 Å². The van der Waals surface area contributed by atoms with E-state index in [1.165, 1.54) is 18.2 Å². The molecule has 0 aliphatic heterocycles. The van der Waals surface area contributed by atoms with Gasteiger partial charge in [0.25, 0.3) is 0 Å². The predicted octanol–water partition coefficient (Wildman–Crippen LogP) is 2.98. The number of aromatic nitrogens is 1. The summed E-state index contributed by atoms with van der Waals surface area (Å²) >= 11 is 1.89. The topological polar surface area (TPSA) is 159 Å². The van der Waals surface area contributed by atoms with Gasteiger partial charge in [0.1, 0.15) is 11.4 Å². The Hall–Kier alpha value is -2.78. The van der Waals surface area contributed by atoms with Gasteiger partial charge in [-0.1, -0.05) is 0 Å². The van der Waals surface area contributed by atoms with Crippen LogP contribution in [0.5, 0.6) is 0 Å². The molecule has 0 aliphatic carbocycles. The number of pyridine rings is 1. The van der Waals surface area contributed by atoms with E-state index >= 15 is 0 Å². The van der Waals surface area contributed by atoms with Gasteiger partial charge in [-0.3, -0.25) is 4.31 Å². The van der Waals surface area contributed by atoms with Gasteiger partial charge >= 0.3 is 12.1 Å². The summed E-state index contributed by atoms with van der Waals surface area (Å²) in [6.45, 7) is 0.554. The Balaban J connectivity index is 2.22. The fourth-order valence-corrected chi connectivity index (χ4v) is 4.94. The molecule has 33 heavy (non-hydrogen) atoms. The quantitative estimate of drug-likeness (QED) is 0.175. The average Bonchev–Trinajstić information content (AvgIpc) is 3.08. The van der Waals surface area contributed by atoms with Gasteiger partial charge in [-0.25, -0.2) is 22.4 Å². The number of hydrogen-bond donors (Lipinski definition) is 2. The monoisotopic (exact) mass is 590 g/mol. The molecule has 0 unspecified atom stereocenters. The van der Waals surface area contributed by atoms with E-state index in [2.05, 4.69) is 9.72 Å². The second-order valence-corrected chi connectivity index (χ2v) is 10.1. The first-order chi connectivity index (χ1) is 15.5. The van der Waals surface area contributed by atoms with Crippen LogP contribution in [0.15, 0.2) is 34.7 Å². The number of amides is 1. The Morgan fingerprint density at radius 2 is 1.91 bits per heavy atom. The first-order valence-corrected chi connectivity index (χ1v) is 12.5. The van der Waals surface area contributed by atoms with E-state index in [-0.39, 0.29) is 34.8 Å². The van der Waals surface area contributed by atoms with Gasteiger partial charge < -0.3 is 20.6 Å². The Morgan fingerprint density at radius 3 is 2.48 bits per heavy atom. The maximum atomic E-state index is 13.4. The van der Waals surface area contributed by atoms with Gasteiger partial charge in [0.15, 0.2) is 11.6 Å². The molecule has 0 saturated carbocycles. The first kappa shape index (κ1) is 24.9.